The molecule has 0 unspecified atom stereocenters. The molecule has 0 spiro atoms. The molecule has 0 radical (unpaired) electrons. The van der Waals surface area contributed by atoms with E-state index in [9.17, 15) is 31.1 Å². The summed E-state index contributed by atoms with van der Waals surface area (Å²) in [6, 6.07) is 0. The fourth-order valence-electron chi connectivity index (χ4n) is 1.04. The third kappa shape index (κ3) is 3.09. The van der Waals surface area contributed by atoms with Gasteiger partial charge in [-0.1, -0.05) is 0 Å². The SMILES string of the molecule is O=C(ONc1nc(C(F)(F)F)nc2nonc12)C(F)(F)F. The maximum absolute atomic E-state index is 12.5. The van der Waals surface area contributed by atoms with Crippen LogP contribution >= 0.6 is 0 Å². The maximum Gasteiger partial charge on any atom is 0.493 e. The summed E-state index contributed by atoms with van der Waals surface area (Å²) in [7, 11) is 0. The van der Waals surface area contributed by atoms with Crippen molar-refractivity contribution in [3.8, 4) is 0 Å². The normalized spacial score (nSPS) is 12.5. The van der Waals surface area contributed by atoms with Gasteiger partial charge in [-0.25, -0.2) is 14.4 Å². The molecule has 0 saturated heterocycles. The summed E-state index contributed by atoms with van der Waals surface area (Å²) in [5.74, 6) is -5.40. The molecule has 0 aliphatic carbocycles. The Balaban J connectivity index is 2.34. The van der Waals surface area contributed by atoms with Gasteiger partial charge in [0.25, 0.3) is 0 Å². The summed E-state index contributed by atoms with van der Waals surface area (Å²) in [6.45, 7) is 0. The van der Waals surface area contributed by atoms with E-state index in [1.54, 1.807) is 0 Å². The van der Waals surface area contributed by atoms with Crippen LogP contribution in [0.5, 0.6) is 0 Å². The predicted octanol–water partition coefficient (Wildman–Crippen LogP) is 1.46. The van der Waals surface area contributed by atoms with Gasteiger partial charge >= 0.3 is 18.3 Å². The van der Waals surface area contributed by atoms with Crippen LogP contribution in [0.3, 0.4) is 0 Å². The molecule has 1 N–H and O–H groups in total. The zero-order chi connectivity index (χ0) is 15.8. The van der Waals surface area contributed by atoms with Gasteiger partial charge in [0.15, 0.2) is 11.3 Å². The minimum Gasteiger partial charge on any atom is -0.333 e. The van der Waals surface area contributed by atoms with Crippen molar-refractivity contribution in [3.63, 3.8) is 0 Å². The third-order valence-electron chi connectivity index (χ3n) is 1.85. The van der Waals surface area contributed by atoms with E-state index < -0.39 is 41.1 Å². The van der Waals surface area contributed by atoms with Crippen LogP contribution in [0.2, 0.25) is 0 Å². The summed E-state index contributed by atoms with van der Waals surface area (Å²) < 4.78 is 77.2. The van der Waals surface area contributed by atoms with Gasteiger partial charge in [0.2, 0.25) is 11.5 Å². The van der Waals surface area contributed by atoms with Gasteiger partial charge in [-0.2, -0.15) is 36.8 Å². The molecule has 14 heteroatoms. The zero-order valence-electron chi connectivity index (χ0n) is 9.28. The molecule has 0 saturated carbocycles. The summed E-state index contributed by atoms with van der Waals surface area (Å²) >= 11 is 0. The van der Waals surface area contributed by atoms with E-state index in [2.05, 4.69) is 29.7 Å². The second kappa shape index (κ2) is 4.71. The second-order valence-corrected chi connectivity index (χ2v) is 3.32. The molecule has 2 rings (SSSR count). The molecule has 0 amide bonds. The van der Waals surface area contributed by atoms with Gasteiger partial charge in [-0.3, -0.25) is 0 Å². The molecule has 0 fully saturated rings. The minimum absolute atomic E-state index is 0.557. The molecule has 2 heterocycles. The second-order valence-electron chi connectivity index (χ2n) is 3.32. The summed E-state index contributed by atoms with van der Waals surface area (Å²) in [5.41, 5.74) is 0.0602. The van der Waals surface area contributed by atoms with E-state index >= 15 is 0 Å². The molecule has 0 bridgehead atoms. The first-order chi connectivity index (χ1) is 9.59. The lowest BCUT2D eigenvalue weighted by Crippen LogP contribution is -2.28. The molecular formula is C7HF6N5O3. The number of anilines is 1. The lowest BCUT2D eigenvalue weighted by atomic mass is 10.4. The van der Waals surface area contributed by atoms with Crippen LogP contribution in [0.25, 0.3) is 11.2 Å². The molecule has 0 atom stereocenters. The van der Waals surface area contributed by atoms with Gasteiger partial charge in [0, 0.05) is 0 Å². The maximum atomic E-state index is 12.5. The monoisotopic (exact) mass is 317 g/mol. The minimum atomic E-state index is -5.35. The Labute approximate surface area is 109 Å². The van der Waals surface area contributed by atoms with Crippen LogP contribution in [0.15, 0.2) is 4.63 Å². The first-order valence-corrected chi connectivity index (χ1v) is 4.70. The van der Waals surface area contributed by atoms with Crippen LogP contribution in [0.1, 0.15) is 5.82 Å². The largest absolute Gasteiger partial charge is 0.493 e. The average molecular weight is 317 g/mol. The molecule has 8 nitrogen and oxygen atoms in total. The van der Waals surface area contributed by atoms with Crippen molar-refractivity contribution in [1.82, 2.24) is 20.3 Å². The number of halogens is 6. The molecule has 0 aliphatic rings. The standard InChI is InChI=1S/C7HF6N5O3/c8-6(9,10)4-14-2(1-3(15-4)18-21-16-1)17-20-5(19)7(11,12)13/h(H,14,15,17,18). The number of hydrogen-bond donors (Lipinski definition) is 1. The number of carbonyl (C=O) groups is 1. The van der Waals surface area contributed by atoms with Gasteiger partial charge in [0.05, 0.1) is 0 Å². The molecule has 2 aromatic heterocycles. The topological polar surface area (TPSA) is 103 Å². The predicted molar refractivity (Wildman–Crippen MR) is 48.2 cm³/mol. The summed E-state index contributed by atoms with van der Waals surface area (Å²) in [4.78, 5) is 19.8. The van der Waals surface area contributed by atoms with Crippen LogP contribution in [0.4, 0.5) is 32.2 Å². The smallest absolute Gasteiger partial charge is 0.333 e. The van der Waals surface area contributed by atoms with E-state index in [1.807, 2.05) is 0 Å². The quantitative estimate of drug-likeness (QED) is 0.656. The number of hydrogen-bond acceptors (Lipinski definition) is 8. The fourth-order valence-corrected chi connectivity index (χ4v) is 1.04. The van der Waals surface area contributed by atoms with Gasteiger partial charge in [0.1, 0.15) is 0 Å². The van der Waals surface area contributed by atoms with Crippen molar-refractivity contribution in [2.24, 2.45) is 0 Å². The third-order valence-corrected chi connectivity index (χ3v) is 1.85. The van der Waals surface area contributed by atoms with Crippen molar-refractivity contribution in [2.75, 3.05) is 5.48 Å². The van der Waals surface area contributed by atoms with Gasteiger partial charge in [-0.15, -0.1) is 0 Å². The highest BCUT2D eigenvalue weighted by molar-refractivity contribution is 5.82. The highest BCUT2D eigenvalue weighted by atomic mass is 19.4. The Bertz CT molecular complexity index is 679. The number of rotatable bonds is 2. The number of fused-ring (bicyclic) bond motifs is 1. The number of carbonyl (C=O) groups excluding carboxylic acids is 1. The van der Waals surface area contributed by atoms with Crippen LogP contribution < -0.4 is 5.48 Å². The van der Waals surface area contributed by atoms with E-state index in [4.69, 9.17) is 0 Å². The van der Waals surface area contributed by atoms with Crippen molar-refractivity contribution >= 4 is 23.0 Å². The zero-order valence-corrected chi connectivity index (χ0v) is 9.28. The highest BCUT2D eigenvalue weighted by Gasteiger charge is 2.42. The number of nitrogens with zero attached hydrogens (tertiary/aromatic N) is 4. The molecule has 0 aliphatic heterocycles. The number of aromatic nitrogens is 4. The van der Waals surface area contributed by atoms with Crippen molar-refractivity contribution in [1.29, 1.82) is 0 Å². The van der Waals surface area contributed by atoms with E-state index in [-0.39, 0.29) is 0 Å². The molecule has 0 aromatic carbocycles. The Hall–Kier alpha value is -2.67. The highest BCUT2D eigenvalue weighted by Crippen LogP contribution is 2.29. The van der Waals surface area contributed by atoms with Crippen molar-refractivity contribution < 1.29 is 40.6 Å². The van der Waals surface area contributed by atoms with Gasteiger partial charge < -0.3 is 4.84 Å². The van der Waals surface area contributed by atoms with Crippen LogP contribution in [0, 0.1) is 0 Å². The summed E-state index contributed by atoms with van der Waals surface area (Å²) in [5, 5.41) is 6.06. The average Bonchev–Trinajstić information content (AvgIpc) is 2.81. The molecule has 2 aromatic rings. The molecule has 21 heavy (non-hydrogen) atoms. The Morgan fingerprint density at radius 2 is 1.76 bits per heavy atom. The van der Waals surface area contributed by atoms with E-state index in [0.29, 0.717) is 0 Å². The molecule has 114 valence electrons. The van der Waals surface area contributed by atoms with Crippen molar-refractivity contribution in [3.05, 3.63) is 5.82 Å². The van der Waals surface area contributed by atoms with Crippen molar-refractivity contribution in [2.45, 2.75) is 12.4 Å². The van der Waals surface area contributed by atoms with Crippen LogP contribution in [-0.4, -0.2) is 32.4 Å². The van der Waals surface area contributed by atoms with E-state index in [0.717, 1.165) is 0 Å². The van der Waals surface area contributed by atoms with Gasteiger partial charge in [-0.05, 0) is 10.3 Å². The number of nitrogens with one attached hydrogen (secondary N) is 1. The van der Waals surface area contributed by atoms with Crippen LogP contribution in [-0.2, 0) is 15.8 Å². The Morgan fingerprint density at radius 3 is 2.33 bits per heavy atom. The Morgan fingerprint density at radius 1 is 1.10 bits per heavy atom. The lowest BCUT2D eigenvalue weighted by molar-refractivity contribution is -0.196. The fraction of sp³-hybridized carbons (Fsp3) is 0.286. The lowest BCUT2D eigenvalue weighted by Gasteiger charge is -2.09. The molecular weight excluding hydrogens is 316 g/mol. The van der Waals surface area contributed by atoms with E-state index in [1.165, 1.54) is 5.48 Å². The first kappa shape index (κ1) is 14.7. The Kier molecular flexibility index (Phi) is 3.30. The summed E-state index contributed by atoms with van der Waals surface area (Å²) in [6.07, 6.45) is -10.4. The number of alkyl halides is 6. The first-order valence-electron chi connectivity index (χ1n) is 4.70.